The lowest BCUT2D eigenvalue weighted by atomic mass is 10.3. The Labute approximate surface area is 106 Å². The standard InChI is InChI=1S/C13H15N3O2/c1-16(11-4-3-5-12(6-11)18-2)13-8-14-10(9-17)7-15-13/h3-8,17H,9H2,1-2H3. The quantitative estimate of drug-likeness (QED) is 0.889. The summed E-state index contributed by atoms with van der Waals surface area (Å²) in [7, 11) is 3.53. The molecule has 94 valence electrons. The third-order valence-electron chi connectivity index (χ3n) is 2.64. The van der Waals surface area contributed by atoms with Crippen molar-refractivity contribution in [2.75, 3.05) is 19.1 Å². The van der Waals surface area contributed by atoms with Gasteiger partial charge in [-0.3, -0.25) is 4.98 Å². The fraction of sp³-hybridized carbons (Fsp3) is 0.231. The van der Waals surface area contributed by atoms with Gasteiger partial charge in [-0.2, -0.15) is 0 Å². The van der Waals surface area contributed by atoms with Crippen molar-refractivity contribution in [2.45, 2.75) is 6.61 Å². The van der Waals surface area contributed by atoms with E-state index in [-0.39, 0.29) is 6.61 Å². The highest BCUT2D eigenvalue weighted by Gasteiger charge is 2.06. The van der Waals surface area contributed by atoms with Gasteiger partial charge < -0.3 is 14.7 Å². The summed E-state index contributed by atoms with van der Waals surface area (Å²) in [6, 6.07) is 7.68. The van der Waals surface area contributed by atoms with Crippen LogP contribution >= 0.6 is 0 Å². The Morgan fingerprint density at radius 3 is 2.72 bits per heavy atom. The topological polar surface area (TPSA) is 58.5 Å². The molecule has 0 atom stereocenters. The highest BCUT2D eigenvalue weighted by Crippen LogP contribution is 2.24. The van der Waals surface area contributed by atoms with Crippen LogP contribution in [-0.4, -0.2) is 29.2 Å². The number of aromatic nitrogens is 2. The summed E-state index contributed by atoms with van der Waals surface area (Å²) in [5.74, 6) is 1.50. The van der Waals surface area contributed by atoms with Crippen molar-refractivity contribution < 1.29 is 9.84 Å². The van der Waals surface area contributed by atoms with Crippen LogP contribution in [0.5, 0.6) is 5.75 Å². The largest absolute Gasteiger partial charge is 0.497 e. The third-order valence-corrected chi connectivity index (χ3v) is 2.64. The van der Waals surface area contributed by atoms with Crippen LogP contribution in [0.1, 0.15) is 5.69 Å². The first kappa shape index (κ1) is 12.3. The molecule has 0 bridgehead atoms. The van der Waals surface area contributed by atoms with E-state index in [0.717, 1.165) is 11.4 Å². The van der Waals surface area contributed by atoms with Crippen molar-refractivity contribution in [2.24, 2.45) is 0 Å². The van der Waals surface area contributed by atoms with Gasteiger partial charge in [0.25, 0.3) is 0 Å². The predicted molar refractivity (Wildman–Crippen MR) is 69.0 cm³/mol. The second-order valence-corrected chi connectivity index (χ2v) is 3.78. The molecule has 0 saturated heterocycles. The second kappa shape index (κ2) is 5.46. The summed E-state index contributed by atoms with van der Waals surface area (Å²) in [6.07, 6.45) is 3.19. The van der Waals surface area contributed by atoms with Crippen molar-refractivity contribution >= 4 is 11.5 Å². The number of rotatable bonds is 4. The first-order valence-electron chi connectivity index (χ1n) is 5.54. The predicted octanol–water partition coefficient (Wildman–Crippen LogP) is 1.75. The maximum absolute atomic E-state index is 8.92. The van der Waals surface area contributed by atoms with E-state index in [0.29, 0.717) is 11.5 Å². The molecule has 0 spiro atoms. The minimum Gasteiger partial charge on any atom is -0.497 e. The monoisotopic (exact) mass is 245 g/mol. The van der Waals surface area contributed by atoms with Crippen molar-refractivity contribution in [3.8, 4) is 5.75 Å². The van der Waals surface area contributed by atoms with Gasteiger partial charge in [-0.05, 0) is 12.1 Å². The number of benzene rings is 1. The summed E-state index contributed by atoms with van der Waals surface area (Å²) in [5.41, 5.74) is 1.51. The van der Waals surface area contributed by atoms with Crippen LogP contribution in [0, 0.1) is 0 Å². The molecule has 5 nitrogen and oxygen atoms in total. The summed E-state index contributed by atoms with van der Waals surface area (Å²) < 4.78 is 5.18. The van der Waals surface area contributed by atoms with E-state index in [1.54, 1.807) is 19.5 Å². The van der Waals surface area contributed by atoms with Gasteiger partial charge in [0.15, 0.2) is 5.82 Å². The minimum absolute atomic E-state index is 0.101. The number of anilines is 2. The molecule has 0 aliphatic heterocycles. The Balaban J connectivity index is 2.25. The smallest absolute Gasteiger partial charge is 0.151 e. The van der Waals surface area contributed by atoms with Gasteiger partial charge in [0.05, 0.1) is 31.8 Å². The van der Waals surface area contributed by atoms with E-state index in [4.69, 9.17) is 9.84 Å². The van der Waals surface area contributed by atoms with Gasteiger partial charge >= 0.3 is 0 Å². The van der Waals surface area contributed by atoms with Gasteiger partial charge in [-0.25, -0.2) is 4.98 Å². The summed E-state index contributed by atoms with van der Waals surface area (Å²) >= 11 is 0. The van der Waals surface area contributed by atoms with Crippen molar-refractivity contribution in [1.82, 2.24) is 9.97 Å². The van der Waals surface area contributed by atoms with Gasteiger partial charge in [-0.15, -0.1) is 0 Å². The molecule has 1 aromatic heterocycles. The highest BCUT2D eigenvalue weighted by atomic mass is 16.5. The lowest BCUT2D eigenvalue weighted by Gasteiger charge is -2.18. The maximum Gasteiger partial charge on any atom is 0.151 e. The fourth-order valence-electron chi connectivity index (χ4n) is 1.55. The lowest BCUT2D eigenvalue weighted by Crippen LogP contribution is -2.12. The van der Waals surface area contributed by atoms with E-state index in [1.807, 2.05) is 36.2 Å². The van der Waals surface area contributed by atoms with Crippen LogP contribution in [0.4, 0.5) is 11.5 Å². The van der Waals surface area contributed by atoms with Crippen LogP contribution in [0.25, 0.3) is 0 Å². The molecule has 2 aromatic rings. The molecule has 0 fully saturated rings. The van der Waals surface area contributed by atoms with Gasteiger partial charge in [0, 0.05) is 18.8 Å². The van der Waals surface area contributed by atoms with Crippen LogP contribution < -0.4 is 9.64 Å². The van der Waals surface area contributed by atoms with E-state index in [9.17, 15) is 0 Å². The molecule has 1 N–H and O–H groups in total. The van der Waals surface area contributed by atoms with Crippen molar-refractivity contribution in [3.63, 3.8) is 0 Å². The summed E-state index contributed by atoms with van der Waals surface area (Å²) in [6.45, 7) is -0.101. The Hall–Kier alpha value is -2.14. The molecule has 0 aliphatic carbocycles. The number of methoxy groups -OCH3 is 1. The van der Waals surface area contributed by atoms with E-state index in [1.165, 1.54) is 0 Å². The molecule has 2 rings (SSSR count). The molecule has 0 radical (unpaired) electrons. The first-order valence-corrected chi connectivity index (χ1v) is 5.54. The zero-order chi connectivity index (χ0) is 13.0. The molecule has 1 aromatic carbocycles. The lowest BCUT2D eigenvalue weighted by molar-refractivity contribution is 0.276. The van der Waals surface area contributed by atoms with Crippen LogP contribution in [0.2, 0.25) is 0 Å². The summed E-state index contributed by atoms with van der Waals surface area (Å²) in [5, 5.41) is 8.92. The third kappa shape index (κ3) is 2.57. The van der Waals surface area contributed by atoms with Crippen molar-refractivity contribution in [1.29, 1.82) is 0 Å². The molecular weight excluding hydrogens is 230 g/mol. The zero-order valence-corrected chi connectivity index (χ0v) is 10.4. The number of aliphatic hydroxyl groups excluding tert-OH is 1. The normalized spacial score (nSPS) is 10.2. The molecular formula is C13H15N3O2. The Kier molecular flexibility index (Phi) is 3.74. The van der Waals surface area contributed by atoms with Crippen LogP contribution in [-0.2, 0) is 6.61 Å². The highest BCUT2D eigenvalue weighted by molar-refractivity contribution is 5.60. The maximum atomic E-state index is 8.92. The van der Waals surface area contributed by atoms with Gasteiger partial charge in [0.1, 0.15) is 5.75 Å². The molecule has 1 heterocycles. The number of aliphatic hydroxyl groups is 1. The SMILES string of the molecule is COc1cccc(N(C)c2cnc(CO)cn2)c1. The Morgan fingerprint density at radius 1 is 1.28 bits per heavy atom. The number of ether oxygens (including phenoxy) is 1. The Morgan fingerprint density at radius 2 is 2.11 bits per heavy atom. The average Bonchev–Trinajstić information content (AvgIpc) is 2.46. The average molecular weight is 245 g/mol. The minimum atomic E-state index is -0.101. The molecule has 0 aliphatic rings. The second-order valence-electron chi connectivity index (χ2n) is 3.78. The van der Waals surface area contributed by atoms with E-state index >= 15 is 0 Å². The summed E-state index contributed by atoms with van der Waals surface area (Å²) in [4.78, 5) is 10.2. The van der Waals surface area contributed by atoms with Gasteiger partial charge in [-0.1, -0.05) is 6.07 Å². The first-order chi connectivity index (χ1) is 8.74. The fourth-order valence-corrected chi connectivity index (χ4v) is 1.55. The Bertz CT molecular complexity index is 514. The van der Waals surface area contributed by atoms with E-state index in [2.05, 4.69) is 9.97 Å². The number of hydrogen-bond acceptors (Lipinski definition) is 5. The zero-order valence-electron chi connectivity index (χ0n) is 10.4. The molecule has 0 unspecified atom stereocenters. The van der Waals surface area contributed by atoms with Crippen molar-refractivity contribution in [3.05, 3.63) is 42.4 Å². The van der Waals surface area contributed by atoms with Crippen LogP contribution in [0.3, 0.4) is 0 Å². The number of nitrogens with zero attached hydrogens (tertiary/aromatic N) is 3. The molecule has 0 saturated carbocycles. The van der Waals surface area contributed by atoms with Crippen LogP contribution in [0.15, 0.2) is 36.7 Å². The van der Waals surface area contributed by atoms with E-state index < -0.39 is 0 Å². The number of hydrogen-bond donors (Lipinski definition) is 1. The molecule has 5 heteroatoms. The van der Waals surface area contributed by atoms with Gasteiger partial charge in [0.2, 0.25) is 0 Å². The molecule has 0 amide bonds. The molecule has 18 heavy (non-hydrogen) atoms.